The van der Waals surface area contributed by atoms with Crippen LogP contribution in [0.3, 0.4) is 0 Å². The fourth-order valence-electron chi connectivity index (χ4n) is 1.71. The molecule has 96 valence electrons. The molecule has 0 N–H and O–H groups in total. The Morgan fingerprint density at radius 2 is 1.79 bits per heavy atom. The van der Waals surface area contributed by atoms with E-state index in [1.807, 2.05) is 0 Å². The molecule has 1 atom stereocenters. The lowest BCUT2D eigenvalue weighted by Gasteiger charge is -2.06. The Kier molecular flexibility index (Phi) is 3.00. The maximum atomic E-state index is 13.7. The second-order valence-electron chi connectivity index (χ2n) is 4.00. The first-order valence-corrected chi connectivity index (χ1v) is 5.65. The van der Waals surface area contributed by atoms with Gasteiger partial charge in [0.25, 0.3) is 0 Å². The molecule has 0 aromatic carbocycles. The summed E-state index contributed by atoms with van der Waals surface area (Å²) in [6, 6.07) is 3.30. The predicted molar refractivity (Wildman–Crippen MR) is 64.3 cm³/mol. The van der Waals surface area contributed by atoms with Crippen molar-refractivity contribution in [2.45, 2.75) is 6.10 Å². The van der Waals surface area contributed by atoms with E-state index in [9.17, 15) is 8.78 Å². The molecule has 3 rings (SSSR count). The Labute approximate surface area is 107 Å². The van der Waals surface area contributed by atoms with Gasteiger partial charge >= 0.3 is 0 Å². The van der Waals surface area contributed by atoms with Gasteiger partial charge in [0, 0.05) is 12.4 Å². The molecule has 4 nitrogen and oxygen atoms in total. The van der Waals surface area contributed by atoms with Crippen molar-refractivity contribution in [2.24, 2.45) is 4.99 Å². The van der Waals surface area contributed by atoms with E-state index in [4.69, 9.17) is 4.74 Å². The Morgan fingerprint density at radius 1 is 1.16 bits per heavy atom. The third-order valence-electron chi connectivity index (χ3n) is 2.66. The number of rotatable bonds is 3. The highest BCUT2D eigenvalue weighted by Gasteiger charge is 2.33. The molecule has 2 aromatic rings. The van der Waals surface area contributed by atoms with Gasteiger partial charge in [0.1, 0.15) is 6.10 Å². The van der Waals surface area contributed by atoms with Gasteiger partial charge in [-0.15, -0.1) is 0 Å². The number of nitrogens with zero attached hydrogens (tertiary/aromatic N) is 3. The van der Waals surface area contributed by atoms with Crippen LogP contribution in [0.5, 0.6) is 0 Å². The van der Waals surface area contributed by atoms with E-state index in [0.717, 1.165) is 12.4 Å². The zero-order chi connectivity index (χ0) is 13.2. The molecule has 1 aliphatic heterocycles. The van der Waals surface area contributed by atoms with Crippen LogP contribution in [0.15, 0.2) is 41.9 Å². The first-order valence-electron chi connectivity index (χ1n) is 5.65. The summed E-state index contributed by atoms with van der Waals surface area (Å²) in [7, 11) is 0. The van der Waals surface area contributed by atoms with Crippen LogP contribution < -0.4 is 0 Å². The summed E-state index contributed by atoms with van der Waals surface area (Å²) in [5, 5.41) is 0. The number of hydrogen-bond acceptors (Lipinski definition) is 4. The predicted octanol–water partition coefficient (Wildman–Crippen LogP) is 2.27. The van der Waals surface area contributed by atoms with Crippen LogP contribution in [-0.4, -0.2) is 28.4 Å². The number of halogens is 2. The summed E-state index contributed by atoms with van der Waals surface area (Å²) in [6.07, 6.45) is 4.66. The number of hydrogen-bond donors (Lipinski definition) is 0. The molecule has 2 aromatic heterocycles. The van der Waals surface area contributed by atoms with E-state index in [0.29, 0.717) is 12.3 Å². The summed E-state index contributed by atoms with van der Waals surface area (Å²) in [4.78, 5) is 11.6. The Balaban J connectivity index is 2.10. The fourth-order valence-corrected chi connectivity index (χ4v) is 1.71. The van der Waals surface area contributed by atoms with Crippen LogP contribution in [0, 0.1) is 11.6 Å². The van der Waals surface area contributed by atoms with E-state index in [1.54, 1.807) is 24.5 Å². The van der Waals surface area contributed by atoms with Gasteiger partial charge < -0.3 is 4.74 Å². The van der Waals surface area contributed by atoms with Crippen molar-refractivity contribution < 1.29 is 13.5 Å². The third-order valence-corrected chi connectivity index (χ3v) is 2.66. The smallest absolute Gasteiger partial charge is 0.153 e. The molecule has 0 spiro atoms. The van der Waals surface area contributed by atoms with Gasteiger partial charge in [0.15, 0.2) is 11.6 Å². The van der Waals surface area contributed by atoms with Gasteiger partial charge in [-0.05, 0) is 12.1 Å². The molecule has 1 saturated heterocycles. The van der Waals surface area contributed by atoms with E-state index in [1.165, 1.54) is 0 Å². The molecular formula is C13H9F2N3O. The lowest BCUT2D eigenvalue weighted by Crippen LogP contribution is -2.14. The lowest BCUT2D eigenvalue weighted by atomic mass is 10.1. The van der Waals surface area contributed by atoms with Crippen molar-refractivity contribution in [1.29, 1.82) is 0 Å². The van der Waals surface area contributed by atoms with Gasteiger partial charge in [-0.25, -0.2) is 13.8 Å². The Hall–Kier alpha value is -2.21. The van der Waals surface area contributed by atoms with Gasteiger partial charge in [0.2, 0.25) is 0 Å². The quantitative estimate of drug-likeness (QED) is 0.629. The summed E-state index contributed by atoms with van der Waals surface area (Å²) < 4.78 is 32.6. The van der Waals surface area contributed by atoms with Gasteiger partial charge in [0.05, 0.1) is 36.0 Å². The van der Waals surface area contributed by atoms with Crippen LogP contribution in [0.4, 0.5) is 14.5 Å². The van der Waals surface area contributed by atoms with Crippen molar-refractivity contribution in [3.8, 4) is 0 Å². The highest BCUT2D eigenvalue weighted by atomic mass is 19.1. The zero-order valence-corrected chi connectivity index (χ0v) is 9.75. The van der Waals surface area contributed by atoms with E-state index >= 15 is 0 Å². The average Bonchev–Trinajstić information content (AvgIpc) is 3.23. The van der Waals surface area contributed by atoms with Gasteiger partial charge in [-0.3, -0.25) is 9.97 Å². The number of epoxide rings is 1. The Morgan fingerprint density at radius 3 is 2.37 bits per heavy atom. The summed E-state index contributed by atoms with van der Waals surface area (Å²) in [5.74, 6) is -1.49. The van der Waals surface area contributed by atoms with Crippen molar-refractivity contribution in [3.05, 3.63) is 54.1 Å². The van der Waals surface area contributed by atoms with Crippen LogP contribution in [-0.2, 0) is 4.74 Å². The molecule has 3 heterocycles. The summed E-state index contributed by atoms with van der Waals surface area (Å²) in [5.41, 5.74) is 0.619. The number of pyridine rings is 2. The number of aliphatic imine (C=N–C) groups is 1. The van der Waals surface area contributed by atoms with Crippen LogP contribution in [0.1, 0.15) is 5.56 Å². The molecule has 0 aliphatic carbocycles. The number of aromatic nitrogens is 2. The maximum Gasteiger partial charge on any atom is 0.153 e. The van der Waals surface area contributed by atoms with E-state index in [-0.39, 0.29) is 17.4 Å². The van der Waals surface area contributed by atoms with Crippen LogP contribution >= 0.6 is 0 Å². The minimum absolute atomic E-state index is 0.186. The van der Waals surface area contributed by atoms with E-state index in [2.05, 4.69) is 15.0 Å². The second-order valence-corrected chi connectivity index (χ2v) is 4.00. The summed E-state index contributed by atoms with van der Waals surface area (Å²) >= 11 is 0. The molecule has 1 unspecified atom stereocenters. The minimum atomic E-state index is -0.747. The monoisotopic (exact) mass is 261 g/mol. The molecule has 1 fully saturated rings. The van der Waals surface area contributed by atoms with Crippen LogP contribution in [0.2, 0.25) is 0 Å². The van der Waals surface area contributed by atoms with Crippen molar-refractivity contribution >= 4 is 11.4 Å². The molecule has 0 amide bonds. The van der Waals surface area contributed by atoms with E-state index < -0.39 is 11.6 Å². The van der Waals surface area contributed by atoms with Crippen LogP contribution in [0.25, 0.3) is 0 Å². The highest BCUT2D eigenvalue weighted by molar-refractivity contribution is 6.06. The van der Waals surface area contributed by atoms with Gasteiger partial charge in [-0.2, -0.15) is 0 Å². The third kappa shape index (κ3) is 2.48. The molecule has 0 saturated carbocycles. The topological polar surface area (TPSA) is 50.7 Å². The molecular weight excluding hydrogens is 252 g/mol. The lowest BCUT2D eigenvalue weighted by molar-refractivity contribution is 0.448. The second kappa shape index (κ2) is 4.81. The van der Waals surface area contributed by atoms with Crippen molar-refractivity contribution in [2.75, 3.05) is 6.61 Å². The number of ether oxygens (including phenoxy) is 1. The van der Waals surface area contributed by atoms with Crippen molar-refractivity contribution in [3.63, 3.8) is 0 Å². The molecule has 6 heteroatoms. The largest absolute Gasteiger partial charge is 0.366 e. The normalized spacial score (nSPS) is 18.4. The first kappa shape index (κ1) is 11.9. The Bertz CT molecular complexity index is 607. The molecule has 19 heavy (non-hydrogen) atoms. The highest BCUT2D eigenvalue weighted by Crippen LogP contribution is 2.24. The first-order chi connectivity index (χ1) is 9.25. The SMILES string of the molecule is Fc1cncc(F)c1C(=Nc1ccncc1)C1CO1. The standard InChI is InChI=1S/C13H9F2N3O/c14-9-5-17-6-10(15)12(9)13(11-7-19-11)18-8-1-3-16-4-2-8/h1-6,11H,7H2. The molecule has 1 aliphatic rings. The summed E-state index contributed by atoms with van der Waals surface area (Å²) in [6.45, 7) is 0.408. The average molecular weight is 261 g/mol. The minimum Gasteiger partial charge on any atom is -0.366 e. The molecule has 0 radical (unpaired) electrons. The molecule has 0 bridgehead atoms. The fraction of sp³-hybridized carbons (Fsp3) is 0.154. The van der Waals surface area contributed by atoms with Gasteiger partial charge in [-0.1, -0.05) is 0 Å². The van der Waals surface area contributed by atoms with Crippen molar-refractivity contribution in [1.82, 2.24) is 9.97 Å². The zero-order valence-electron chi connectivity index (χ0n) is 9.75. The maximum absolute atomic E-state index is 13.7.